The lowest BCUT2D eigenvalue weighted by Crippen LogP contribution is -2.12. The highest BCUT2D eigenvalue weighted by molar-refractivity contribution is 9.09. The molecule has 0 aliphatic carbocycles. The summed E-state index contributed by atoms with van der Waals surface area (Å²) in [7, 11) is 0. The van der Waals surface area contributed by atoms with Gasteiger partial charge in [0.25, 0.3) is 0 Å². The molecular formula is C15H21BrO. The number of hydrogen-bond acceptors (Lipinski definition) is 1. The highest BCUT2D eigenvalue weighted by Crippen LogP contribution is 2.22. The highest BCUT2D eigenvalue weighted by Gasteiger charge is 2.17. The fourth-order valence-corrected chi connectivity index (χ4v) is 3.03. The summed E-state index contributed by atoms with van der Waals surface area (Å²) < 4.78 is 5.68. The van der Waals surface area contributed by atoms with E-state index in [4.69, 9.17) is 4.74 Å². The van der Waals surface area contributed by atoms with Gasteiger partial charge in [0, 0.05) is 11.9 Å². The summed E-state index contributed by atoms with van der Waals surface area (Å²) in [5.41, 5.74) is 1.45. The van der Waals surface area contributed by atoms with E-state index in [1.54, 1.807) is 0 Å². The zero-order valence-corrected chi connectivity index (χ0v) is 11.9. The number of ether oxygens (including phenoxy) is 1. The molecule has 1 aromatic carbocycles. The molecule has 0 radical (unpaired) electrons. The first-order valence-electron chi connectivity index (χ1n) is 6.60. The molecule has 0 saturated carbocycles. The summed E-state index contributed by atoms with van der Waals surface area (Å²) in [6.45, 7) is 0.975. The molecule has 0 N–H and O–H groups in total. The predicted octanol–water partition coefficient (Wildman–Crippen LogP) is 4.20. The summed E-state index contributed by atoms with van der Waals surface area (Å²) >= 11 is 3.64. The fourth-order valence-electron chi connectivity index (χ4n) is 2.47. The minimum absolute atomic E-state index is 0.535. The highest BCUT2D eigenvalue weighted by atomic mass is 79.9. The minimum atomic E-state index is 0.535. The van der Waals surface area contributed by atoms with Crippen molar-refractivity contribution in [3.63, 3.8) is 0 Å². The third kappa shape index (κ3) is 4.44. The predicted molar refractivity (Wildman–Crippen MR) is 75.6 cm³/mol. The molecule has 0 aromatic heterocycles. The van der Waals surface area contributed by atoms with Crippen LogP contribution in [0.3, 0.4) is 0 Å². The van der Waals surface area contributed by atoms with Crippen LogP contribution >= 0.6 is 15.9 Å². The van der Waals surface area contributed by atoms with E-state index >= 15 is 0 Å². The fraction of sp³-hybridized carbons (Fsp3) is 0.600. The van der Waals surface area contributed by atoms with Gasteiger partial charge in [-0.3, -0.25) is 0 Å². The van der Waals surface area contributed by atoms with Crippen molar-refractivity contribution in [3.8, 4) is 0 Å². The van der Waals surface area contributed by atoms with Gasteiger partial charge in [0.15, 0.2) is 0 Å². The number of alkyl halides is 1. The van der Waals surface area contributed by atoms with E-state index in [0.29, 0.717) is 6.10 Å². The number of hydrogen-bond donors (Lipinski definition) is 0. The zero-order valence-electron chi connectivity index (χ0n) is 10.3. The van der Waals surface area contributed by atoms with Gasteiger partial charge >= 0.3 is 0 Å². The van der Waals surface area contributed by atoms with E-state index in [-0.39, 0.29) is 0 Å². The molecular weight excluding hydrogens is 276 g/mol. The summed E-state index contributed by atoms with van der Waals surface area (Å²) in [6, 6.07) is 10.8. The lowest BCUT2D eigenvalue weighted by atomic mass is 9.95. The van der Waals surface area contributed by atoms with Crippen LogP contribution in [0.4, 0.5) is 0 Å². The molecule has 94 valence electrons. The Hall–Kier alpha value is -0.340. The van der Waals surface area contributed by atoms with Gasteiger partial charge in [0.05, 0.1) is 6.10 Å². The van der Waals surface area contributed by atoms with E-state index in [9.17, 15) is 0 Å². The quantitative estimate of drug-likeness (QED) is 0.715. The van der Waals surface area contributed by atoms with Crippen LogP contribution in [0.2, 0.25) is 0 Å². The summed E-state index contributed by atoms with van der Waals surface area (Å²) in [6.07, 6.45) is 6.72. The molecule has 0 amide bonds. The standard InChI is InChI=1S/C15H21BrO/c16-12-14(8-9-15-7-4-10-17-15)11-13-5-2-1-3-6-13/h1-3,5-6,14-15H,4,7-12H2. The molecule has 17 heavy (non-hydrogen) atoms. The van der Waals surface area contributed by atoms with Crippen molar-refractivity contribution >= 4 is 15.9 Å². The van der Waals surface area contributed by atoms with E-state index in [0.717, 1.165) is 17.9 Å². The molecule has 0 spiro atoms. The molecule has 1 fully saturated rings. The van der Waals surface area contributed by atoms with Crippen LogP contribution in [0, 0.1) is 5.92 Å². The van der Waals surface area contributed by atoms with Crippen molar-refractivity contribution in [2.45, 2.75) is 38.2 Å². The van der Waals surface area contributed by atoms with Crippen LogP contribution in [0.15, 0.2) is 30.3 Å². The maximum atomic E-state index is 5.68. The van der Waals surface area contributed by atoms with Crippen molar-refractivity contribution in [1.82, 2.24) is 0 Å². The van der Waals surface area contributed by atoms with Gasteiger partial charge in [0.2, 0.25) is 0 Å². The average Bonchev–Trinajstić information content (AvgIpc) is 2.89. The van der Waals surface area contributed by atoms with Gasteiger partial charge in [-0.25, -0.2) is 0 Å². The number of rotatable bonds is 6. The third-order valence-corrected chi connectivity index (χ3v) is 4.42. The molecule has 2 unspecified atom stereocenters. The molecule has 2 rings (SSSR count). The second-order valence-electron chi connectivity index (χ2n) is 4.92. The van der Waals surface area contributed by atoms with Crippen molar-refractivity contribution in [2.75, 3.05) is 11.9 Å². The Balaban J connectivity index is 1.76. The molecule has 0 bridgehead atoms. The van der Waals surface area contributed by atoms with Crippen LogP contribution in [-0.4, -0.2) is 18.0 Å². The summed E-state index contributed by atoms with van der Waals surface area (Å²) in [5, 5.41) is 1.09. The van der Waals surface area contributed by atoms with E-state index in [2.05, 4.69) is 46.3 Å². The Morgan fingerprint density at radius 2 is 2.12 bits per heavy atom. The van der Waals surface area contributed by atoms with Gasteiger partial charge < -0.3 is 4.74 Å². The molecule has 1 saturated heterocycles. The summed E-state index contributed by atoms with van der Waals surface area (Å²) in [5.74, 6) is 0.738. The molecule has 2 atom stereocenters. The van der Waals surface area contributed by atoms with Gasteiger partial charge in [-0.1, -0.05) is 46.3 Å². The van der Waals surface area contributed by atoms with E-state index < -0.39 is 0 Å². The Morgan fingerprint density at radius 3 is 2.76 bits per heavy atom. The second-order valence-corrected chi connectivity index (χ2v) is 5.57. The summed E-state index contributed by atoms with van der Waals surface area (Å²) in [4.78, 5) is 0. The maximum absolute atomic E-state index is 5.68. The Kier molecular flexibility index (Phi) is 5.53. The molecule has 2 heteroatoms. The van der Waals surface area contributed by atoms with Crippen LogP contribution < -0.4 is 0 Å². The van der Waals surface area contributed by atoms with Crippen LogP contribution in [0.25, 0.3) is 0 Å². The number of halogens is 1. The van der Waals surface area contributed by atoms with Crippen molar-refractivity contribution in [3.05, 3.63) is 35.9 Å². The minimum Gasteiger partial charge on any atom is -0.378 e. The molecule has 1 heterocycles. The zero-order chi connectivity index (χ0) is 11.9. The molecule has 1 aliphatic heterocycles. The van der Waals surface area contributed by atoms with Gasteiger partial charge in [-0.15, -0.1) is 0 Å². The van der Waals surface area contributed by atoms with Crippen LogP contribution in [0.5, 0.6) is 0 Å². The number of benzene rings is 1. The Bertz CT molecular complexity index is 306. The molecule has 1 aliphatic rings. The van der Waals surface area contributed by atoms with Crippen molar-refractivity contribution in [1.29, 1.82) is 0 Å². The topological polar surface area (TPSA) is 9.23 Å². The van der Waals surface area contributed by atoms with Gasteiger partial charge in [-0.2, -0.15) is 0 Å². The van der Waals surface area contributed by atoms with E-state index in [1.807, 2.05) is 0 Å². The second kappa shape index (κ2) is 7.17. The lowest BCUT2D eigenvalue weighted by molar-refractivity contribution is 0.0989. The van der Waals surface area contributed by atoms with Gasteiger partial charge in [-0.05, 0) is 43.6 Å². The first-order chi connectivity index (χ1) is 8.38. The third-order valence-electron chi connectivity index (χ3n) is 3.51. The normalized spacial score (nSPS) is 21.6. The lowest BCUT2D eigenvalue weighted by Gasteiger charge is -2.16. The Labute approximate surface area is 113 Å². The largest absolute Gasteiger partial charge is 0.378 e. The van der Waals surface area contributed by atoms with Crippen LogP contribution in [0.1, 0.15) is 31.2 Å². The molecule has 1 aromatic rings. The van der Waals surface area contributed by atoms with Crippen molar-refractivity contribution < 1.29 is 4.74 Å². The SMILES string of the molecule is BrCC(CCC1CCCO1)Cc1ccccc1. The maximum Gasteiger partial charge on any atom is 0.0576 e. The van der Waals surface area contributed by atoms with Gasteiger partial charge in [0.1, 0.15) is 0 Å². The monoisotopic (exact) mass is 296 g/mol. The first-order valence-corrected chi connectivity index (χ1v) is 7.72. The van der Waals surface area contributed by atoms with Crippen molar-refractivity contribution in [2.24, 2.45) is 5.92 Å². The smallest absolute Gasteiger partial charge is 0.0576 e. The van der Waals surface area contributed by atoms with Crippen LogP contribution in [-0.2, 0) is 11.2 Å². The molecule has 1 nitrogen and oxygen atoms in total. The van der Waals surface area contributed by atoms with E-state index in [1.165, 1.54) is 37.7 Å². The first kappa shape index (κ1) is 13.1. The Morgan fingerprint density at radius 1 is 1.29 bits per heavy atom. The average molecular weight is 297 g/mol.